The molecule has 2 aromatic rings. The summed E-state index contributed by atoms with van der Waals surface area (Å²) in [5.74, 6) is -1.85. The van der Waals surface area contributed by atoms with Gasteiger partial charge in [0.15, 0.2) is 5.82 Å². The van der Waals surface area contributed by atoms with Crippen molar-refractivity contribution in [1.29, 1.82) is 0 Å². The summed E-state index contributed by atoms with van der Waals surface area (Å²) in [7, 11) is 0. The number of nitrogens with one attached hydrogen (secondary N) is 1. The Bertz CT molecular complexity index is 822. The summed E-state index contributed by atoms with van der Waals surface area (Å²) >= 11 is 0. The summed E-state index contributed by atoms with van der Waals surface area (Å²) in [6.45, 7) is 6.52. The highest BCUT2D eigenvalue weighted by Crippen LogP contribution is 2.27. The number of carboxylic acids is 1. The maximum absolute atomic E-state index is 13.7. The van der Waals surface area contributed by atoms with Crippen molar-refractivity contribution in [2.24, 2.45) is 5.92 Å². The van der Waals surface area contributed by atoms with Crippen molar-refractivity contribution in [1.82, 2.24) is 10.2 Å². The number of aromatic nitrogens is 2. The van der Waals surface area contributed by atoms with Crippen molar-refractivity contribution in [3.8, 4) is 5.75 Å². The van der Waals surface area contributed by atoms with Crippen LogP contribution in [0, 0.1) is 17.6 Å². The second-order valence-electron chi connectivity index (χ2n) is 7.82. The van der Waals surface area contributed by atoms with E-state index in [1.165, 1.54) is 0 Å². The molecule has 0 radical (unpaired) electrons. The first-order valence-corrected chi connectivity index (χ1v) is 10.0. The van der Waals surface area contributed by atoms with E-state index >= 15 is 0 Å². The van der Waals surface area contributed by atoms with Crippen molar-refractivity contribution in [3.05, 3.63) is 41.1 Å². The number of carbonyl (C=O) groups is 1. The van der Waals surface area contributed by atoms with Gasteiger partial charge in [-0.15, -0.1) is 0 Å². The lowest BCUT2D eigenvalue weighted by Crippen LogP contribution is -2.34. The van der Waals surface area contributed by atoms with E-state index in [1.54, 1.807) is 0 Å². The summed E-state index contributed by atoms with van der Waals surface area (Å²) in [5.41, 5.74) is 0.185. The Hall–Kier alpha value is -2.64. The van der Waals surface area contributed by atoms with Gasteiger partial charge in [0.1, 0.15) is 22.9 Å². The van der Waals surface area contributed by atoms with E-state index in [1.807, 2.05) is 0 Å². The van der Waals surface area contributed by atoms with Crippen LogP contribution in [0.5, 0.6) is 5.75 Å². The number of benzene rings is 1. The maximum Gasteiger partial charge on any atom is 0.341 e. The second kappa shape index (κ2) is 9.24. The van der Waals surface area contributed by atoms with Crippen LogP contribution in [0.3, 0.4) is 0 Å². The van der Waals surface area contributed by atoms with Crippen LogP contribution in [0.25, 0.3) is 0 Å². The summed E-state index contributed by atoms with van der Waals surface area (Å²) < 4.78 is 32.8. The third-order valence-corrected chi connectivity index (χ3v) is 5.40. The number of aromatic amines is 1. The van der Waals surface area contributed by atoms with Gasteiger partial charge in [-0.25, -0.2) is 13.6 Å². The van der Waals surface area contributed by atoms with Crippen LogP contribution in [0.15, 0.2) is 18.2 Å². The second-order valence-corrected chi connectivity index (χ2v) is 7.82. The minimum Gasteiger partial charge on any atom is -0.493 e. The molecule has 29 heavy (non-hydrogen) atoms. The number of hydrogen-bond acceptors (Lipinski definition) is 4. The van der Waals surface area contributed by atoms with Crippen LogP contribution >= 0.6 is 0 Å². The van der Waals surface area contributed by atoms with Crippen molar-refractivity contribution in [2.45, 2.75) is 45.4 Å². The Morgan fingerprint density at radius 3 is 2.48 bits per heavy atom. The predicted octanol–water partition coefficient (Wildman–Crippen LogP) is 4.59. The van der Waals surface area contributed by atoms with E-state index in [4.69, 9.17) is 9.84 Å². The maximum atomic E-state index is 13.7. The average Bonchev–Trinajstić information content (AvgIpc) is 3.15. The van der Waals surface area contributed by atoms with Crippen LogP contribution < -0.4 is 9.64 Å². The molecule has 1 fully saturated rings. The molecule has 1 saturated heterocycles. The number of rotatable bonds is 8. The average molecular weight is 407 g/mol. The van der Waals surface area contributed by atoms with Crippen molar-refractivity contribution in [2.75, 3.05) is 24.6 Å². The molecule has 6 nitrogen and oxygen atoms in total. The third-order valence-electron chi connectivity index (χ3n) is 5.40. The molecule has 0 unspecified atom stereocenters. The number of hydrogen-bond donors (Lipinski definition) is 2. The lowest BCUT2D eigenvalue weighted by atomic mass is 9.92. The number of aromatic carboxylic acids is 1. The van der Waals surface area contributed by atoms with Gasteiger partial charge >= 0.3 is 5.97 Å². The standard InChI is InChI=1S/C21H27F2N3O3/c1-13(2)18-12-19(25-24-18)26-7-5-14(6-8-26)4-3-9-29-15-10-16(22)20(21(27)28)17(23)11-15/h10-14H,3-9H2,1-2H3,(H,24,25)(H,27,28). The molecular weight excluding hydrogens is 380 g/mol. The quantitative estimate of drug-likeness (QED) is 0.626. The van der Waals surface area contributed by atoms with Gasteiger partial charge in [-0.1, -0.05) is 13.8 Å². The number of ether oxygens (including phenoxy) is 1. The number of anilines is 1. The largest absolute Gasteiger partial charge is 0.493 e. The molecule has 0 saturated carbocycles. The molecule has 0 aliphatic carbocycles. The van der Waals surface area contributed by atoms with E-state index in [0.717, 1.165) is 62.4 Å². The molecule has 0 bridgehead atoms. The SMILES string of the molecule is CC(C)c1cc(N2CCC(CCCOc3cc(F)c(C(=O)O)c(F)c3)CC2)n[nH]1. The lowest BCUT2D eigenvalue weighted by molar-refractivity contribution is 0.0686. The Morgan fingerprint density at radius 1 is 1.28 bits per heavy atom. The van der Waals surface area contributed by atoms with Crippen LogP contribution in [0.2, 0.25) is 0 Å². The van der Waals surface area contributed by atoms with E-state index in [-0.39, 0.29) is 5.75 Å². The molecule has 2 N–H and O–H groups in total. The van der Waals surface area contributed by atoms with Gasteiger partial charge in [-0.05, 0) is 37.5 Å². The number of nitrogens with zero attached hydrogens (tertiary/aromatic N) is 2. The van der Waals surface area contributed by atoms with Crippen molar-refractivity contribution >= 4 is 11.8 Å². The predicted molar refractivity (Wildman–Crippen MR) is 106 cm³/mol. The van der Waals surface area contributed by atoms with Gasteiger partial charge in [0.25, 0.3) is 0 Å². The molecule has 0 spiro atoms. The first kappa shape index (κ1) is 21.1. The van der Waals surface area contributed by atoms with Crippen molar-refractivity contribution in [3.63, 3.8) is 0 Å². The minimum absolute atomic E-state index is 0.0132. The van der Waals surface area contributed by atoms with Crippen LogP contribution in [-0.2, 0) is 0 Å². The van der Waals surface area contributed by atoms with Gasteiger partial charge in [-0.2, -0.15) is 5.10 Å². The molecule has 8 heteroatoms. The Balaban J connectivity index is 1.40. The highest BCUT2D eigenvalue weighted by Gasteiger charge is 2.21. The van der Waals surface area contributed by atoms with Crippen molar-refractivity contribution < 1.29 is 23.4 Å². The molecule has 1 aliphatic heterocycles. The van der Waals surface area contributed by atoms with Gasteiger partial charge in [-0.3, -0.25) is 5.10 Å². The first-order valence-electron chi connectivity index (χ1n) is 10.0. The fourth-order valence-corrected chi connectivity index (χ4v) is 3.63. The van der Waals surface area contributed by atoms with Gasteiger partial charge in [0.2, 0.25) is 0 Å². The fourth-order valence-electron chi connectivity index (χ4n) is 3.63. The zero-order valence-corrected chi connectivity index (χ0v) is 16.8. The van der Waals surface area contributed by atoms with E-state index in [0.29, 0.717) is 18.4 Å². The van der Waals surface area contributed by atoms with Crippen LogP contribution in [0.1, 0.15) is 61.5 Å². The van der Waals surface area contributed by atoms with E-state index in [9.17, 15) is 13.6 Å². The first-order chi connectivity index (χ1) is 13.8. The van der Waals surface area contributed by atoms with Gasteiger partial charge in [0, 0.05) is 37.0 Å². The summed E-state index contributed by atoms with van der Waals surface area (Å²) in [5, 5.41) is 16.3. The van der Waals surface area contributed by atoms with Gasteiger partial charge in [0.05, 0.1) is 6.61 Å². The van der Waals surface area contributed by atoms with E-state index < -0.39 is 23.2 Å². The number of piperidine rings is 1. The highest BCUT2D eigenvalue weighted by atomic mass is 19.1. The summed E-state index contributed by atoms with van der Waals surface area (Å²) in [4.78, 5) is 13.1. The van der Waals surface area contributed by atoms with Crippen LogP contribution in [-0.4, -0.2) is 41.0 Å². The van der Waals surface area contributed by atoms with Gasteiger partial charge < -0.3 is 14.7 Å². The number of H-pyrrole nitrogens is 1. The smallest absolute Gasteiger partial charge is 0.341 e. The normalized spacial score (nSPS) is 15.1. The Morgan fingerprint density at radius 2 is 1.93 bits per heavy atom. The molecule has 2 heterocycles. The molecular formula is C21H27F2N3O3. The highest BCUT2D eigenvalue weighted by molar-refractivity contribution is 5.88. The molecule has 1 aliphatic rings. The minimum atomic E-state index is -1.63. The summed E-state index contributed by atoms with van der Waals surface area (Å²) in [6, 6.07) is 3.95. The lowest BCUT2D eigenvalue weighted by Gasteiger charge is -2.32. The Labute approximate surface area is 168 Å². The molecule has 0 atom stereocenters. The monoisotopic (exact) mass is 407 g/mol. The molecule has 0 amide bonds. The third kappa shape index (κ3) is 5.25. The topological polar surface area (TPSA) is 78.4 Å². The molecule has 1 aromatic heterocycles. The van der Waals surface area contributed by atoms with Crippen LogP contribution in [0.4, 0.5) is 14.6 Å². The zero-order chi connectivity index (χ0) is 21.0. The molecule has 3 rings (SSSR count). The number of carboxylic acid groups (broad SMARTS) is 1. The molecule has 158 valence electrons. The van der Waals surface area contributed by atoms with E-state index in [2.05, 4.69) is 35.0 Å². The zero-order valence-electron chi connectivity index (χ0n) is 16.8. The summed E-state index contributed by atoms with van der Waals surface area (Å²) in [6.07, 6.45) is 3.89. The number of halogens is 2. The molecule has 1 aromatic carbocycles. The Kier molecular flexibility index (Phi) is 6.71. The fraction of sp³-hybridized carbons (Fsp3) is 0.524.